The minimum Gasteiger partial charge on any atom is -0.465 e. The highest BCUT2D eigenvalue weighted by molar-refractivity contribution is 7.89. The van der Waals surface area contributed by atoms with E-state index < -0.39 is 22.0 Å². The molecular weight excluding hydrogens is 438 g/mol. The molecule has 170 valence electrons. The van der Waals surface area contributed by atoms with Gasteiger partial charge < -0.3 is 14.8 Å². The summed E-state index contributed by atoms with van der Waals surface area (Å²) >= 11 is 0. The van der Waals surface area contributed by atoms with Gasteiger partial charge in [0, 0.05) is 31.5 Å². The minimum atomic E-state index is -4.00. The Morgan fingerprint density at radius 1 is 1.00 bits per heavy atom. The Labute approximate surface area is 185 Å². The molecule has 1 aliphatic rings. The molecule has 0 unspecified atom stereocenters. The van der Waals surface area contributed by atoms with E-state index in [0.717, 1.165) is 14.2 Å². The quantitative estimate of drug-likeness (QED) is 0.636. The normalized spacial score (nSPS) is 15.1. The SMILES string of the molecule is COC(=O)c1cc(C(=O)OC)cc(S(=O)(=O)N2CCC(NC(=O)c3cccnc3)CC2)c1. The first-order chi connectivity index (χ1) is 15.3. The first-order valence-corrected chi connectivity index (χ1v) is 11.2. The standard InChI is InChI=1S/C21H23N3O7S/c1-30-20(26)15-10-16(21(27)31-2)12-18(11-15)32(28,29)24-8-5-17(6-9-24)23-19(25)14-4-3-7-22-13-14/h3-4,7,10-13,17H,5-6,8-9H2,1-2H3,(H,23,25). The molecular formula is C21H23N3O7S. The van der Waals surface area contributed by atoms with E-state index in [2.05, 4.69) is 19.8 Å². The fourth-order valence-corrected chi connectivity index (χ4v) is 4.92. The van der Waals surface area contributed by atoms with Gasteiger partial charge in [-0.3, -0.25) is 9.78 Å². The summed E-state index contributed by atoms with van der Waals surface area (Å²) in [4.78, 5) is 39.9. The highest BCUT2D eigenvalue weighted by Crippen LogP contribution is 2.24. The highest BCUT2D eigenvalue weighted by atomic mass is 32.2. The maximum atomic E-state index is 13.2. The van der Waals surface area contributed by atoms with Crippen molar-refractivity contribution in [1.82, 2.24) is 14.6 Å². The number of piperidine rings is 1. The predicted octanol–water partition coefficient (Wildman–Crippen LogP) is 1.24. The fourth-order valence-electron chi connectivity index (χ4n) is 3.37. The third-order valence-electron chi connectivity index (χ3n) is 5.10. The van der Waals surface area contributed by atoms with Gasteiger partial charge in [0.1, 0.15) is 0 Å². The first-order valence-electron chi connectivity index (χ1n) is 9.79. The van der Waals surface area contributed by atoms with E-state index in [4.69, 9.17) is 0 Å². The van der Waals surface area contributed by atoms with Crippen LogP contribution >= 0.6 is 0 Å². The number of hydrogen-bond donors (Lipinski definition) is 1. The van der Waals surface area contributed by atoms with Crippen LogP contribution in [0.25, 0.3) is 0 Å². The van der Waals surface area contributed by atoms with Gasteiger partial charge in [-0.25, -0.2) is 18.0 Å². The molecule has 10 nitrogen and oxygen atoms in total. The van der Waals surface area contributed by atoms with E-state index >= 15 is 0 Å². The fraction of sp³-hybridized carbons (Fsp3) is 0.333. The molecule has 32 heavy (non-hydrogen) atoms. The van der Waals surface area contributed by atoms with Crippen LogP contribution in [-0.2, 0) is 19.5 Å². The lowest BCUT2D eigenvalue weighted by Gasteiger charge is -2.31. The van der Waals surface area contributed by atoms with Crippen LogP contribution in [0.3, 0.4) is 0 Å². The van der Waals surface area contributed by atoms with Crippen LogP contribution in [0.4, 0.5) is 0 Å². The third-order valence-corrected chi connectivity index (χ3v) is 6.98. The summed E-state index contributed by atoms with van der Waals surface area (Å²) in [5.41, 5.74) is 0.276. The number of benzene rings is 1. The molecule has 1 aromatic heterocycles. The second-order valence-corrected chi connectivity index (χ2v) is 9.06. The van der Waals surface area contributed by atoms with Crippen LogP contribution in [0, 0.1) is 0 Å². The number of pyridine rings is 1. The monoisotopic (exact) mass is 461 g/mol. The third kappa shape index (κ3) is 5.11. The molecule has 1 N–H and O–H groups in total. The van der Waals surface area contributed by atoms with Crippen molar-refractivity contribution < 1.29 is 32.3 Å². The van der Waals surface area contributed by atoms with E-state index in [-0.39, 0.29) is 41.1 Å². The summed E-state index contributed by atoms with van der Waals surface area (Å²) in [5, 5.41) is 2.89. The lowest BCUT2D eigenvalue weighted by molar-refractivity contribution is 0.0598. The number of nitrogens with one attached hydrogen (secondary N) is 1. The van der Waals surface area contributed by atoms with Gasteiger partial charge in [-0.1, -0.05) is 0 Å². The van der Waals surface area contributed by atoms with Gasteiger partial charge in [0.15, 0.2) is 0 Å². The van der Waals surface area contributed by atoms with Crippen molar-refractivity contribution in [3.63, 3.8) is 0 Å². The lowest BCUT2D eigenvalue weighted by Crippen LogP contribution is -2.46. The molecule has 1 fully saturated rings. The van der Waals surface area contributed by atoms with E-state index in [1.54, 1.807) is 18.3 Å². The largest absolute Gasteiger partial charge is 0.465 e. The predicted molar refractivity (Wildman–Crippen MR) is 113 cm³/mol. The number of amides is 1. The first kappa shape index (κ1) is 23.4. The molecule has 1 aromatic carbocycles. The molecule has 0 radical (unpaired) electrons. The Hall–Kier alpha value is -3.31. The summed E-state index contributed by atoms with van der Waals surface area (Å²) in [6, 6.07) is 6.68. The van der Waals surface area contributed by atoms with Crippen LogP contribution in [0.2, 0.25) is 0 Å². The van der Waals surface area contributed by atoms with Gasteiger partial charge in [-0.15, -0.1) is 0 Å². The lowest BCUT2D eigenvalue weighted by atomic mass is 10.1. The summed E-state index contributed by atoms with van der Waals surface area (Å²) in [5.74, 6) is -1.82. The van der Waals surface area contributed by atoms with Crippen LogP contribution < -0.4 is 5.32 Å². The number of methoxy groups -OCH3 is 2. The van der Waals surface area contributed by atoms with E-state index in [9.17, 15) is 22.8 Å². The van der Waals surface area contributed by atoms with Crippen molar-refractivity contribution in [3.8, 4) is 0 Å². The van der Waals surface area contributed by atoms with Gasteiger partial charge in [0.05, 0.1) is 35.8 Å². The smallest absolute Gasteiger partial charge is 0.337 e. The van der Waals surface area contributed by atoms with Crippen molar-refractivity contribution in [2.24, 2.45) is 0 Å². The molecule has 11 heteroatoms. The van der Waals surface area contributed by atoms with Gasteiger partial charge >= 0.3 is 11.9 Å². The Balaban J connectivity index is 1.75. The van der Waals surface area contributed by atoms with Crippen molar-refractivity contribution in [3.05, 3.63) is 59.4 Å². The highest BCUT2D eigenvalue weighted by Gasteiger charge is 2.31. The average molecular weight is 461 g/mol. The molecule has 0 spiro atoms. The van der Waals surface area contributed by atoms with Crippen molar-refractivity contribution in [1.29, 1.82) is 0 Å². The molecule has 2 heterocycles. The van der Waals surface area contributed by atoms with E-state index in [0.29, 0.717) is 18.4 Å². The second kappa shape index (κ2) is 9.88. The molecule has 0 aliphatic carbocycles. The number of sulfonamides is 1. The zero-order valence-corrected chi connectivity index (χ0v) is 18.4. The topological polar surface area (TPSA) is 132 Å². The number of carbonyl (C=O) groups excluding carboxylic acids is 3. The van der Waals surface area contributed by atoms with Gasteiger partial charge in [0.25, 0.3) is 5.91 Å². The zero-order valence-electron chi connectivity index (χ0n) is 17.6. The molecule has 0 saturated carbocycles. The number of rotatable bonds is 6. The number of aromatic nitrogens is 1. The molecule has 0 bridgehead atoms. The maximum Gasteiger partial charge on any atom is 0.337 e. The van der Waals surface area contributed by atoms with Gasteiger partial charge in [-0.05, 0) is 43.2 Å². The van der Waals surface area contributed by atoms with Crippen molar-refractivity contribution >= 4 is 27.9 Å². The van der Waals surface area contributed by atoms with Crippen LogP contribution in [-0.4, -0.2) is 68.9 Å². The summed E-state index contributed by atoms with van der Waals surface area (Å²) in [7, 11) is -1.68. The Kier molecular flexibility index (Phi) is 7.21. The van der Waals surface area contributed by atoms with Crippen molar-refractivity contribution in [2.75, 3.05) is 27.3 Å². The summed E-state index contributed by atoms with van der Waals surface area (Å²) < 4.78 is 37.0. The summed E-state index contributed by atoms with van der Waals surface area (Å²) in [6.07, 6.45) is 3.85. The summed E-state index contributed by atoms with van der Waals surface area (Å²) in [6.45, 7) is 0.326. The Morgan fingerprint density at radius 3 is 2.09 bits per heavy atom. The van der Waals surface area contributed by atoms with Crippen LogP contribution in [0.1, 0.15) is 43.9 Å². The number of carbonyl (C=O) groups is 3. The number of ether oxygens (including phenoxy) is 2. The van der Waals surface area contributed by atoms with E-state index in [1.807, 2.05) is 0 Å². The molecule has 2 aromatic rings. The van der Waals surface area contributed by atoms with Crippen molar-refractivity contribution in [2.45, 2.75) is 23.8 Å². The Bertz CT molecular complexity index is 1080. The Morgan fingerprint density at radius 2 is 1.59 bits per heavy atom. The molecule has 1 saturated heterocycles. The minimum absolute atomic E-state index is 0.0763. The van der Waals surface area contributed by atoms with Gasteiger partial charge in [-0.2, -0.15) is 4.31 Å². The molecule has 1 amide bonds. The second-order valence-electron chi connectivity index (χ2n) is 7.12. The van der Waals surface area contributed by atoms with Crippen LogP contribution in [0.5, 0.6) is 0 Å². The van der Waals surface area contributed by atoms with Crippen LogP contribution in [0.15, 0.2) is 47.6 Å². The maximum absolute atomic E-state index is 13.2. The average Bonchev–Trinajstić information content (AvgIpc) is 2.83. The molecule has 1 aliphatic heterocycles. The number of hydrogen-bond acceptors (Lipinski definition) is 8. The zero-order chi connectivity index (χ0) is 23.3. The molecule has 0 atom stereocenters. The van der Waals surface area contributed by atoms with E-state index in [1.165, 1.54) is 28.7 Å². The number of nitrogens with zero attached hydrogens (tertiary/aromatic N) is 2. The van der Waals surface area contributed by atoms with Gasteiger partial charge in [0.2, 0.25) is 10.0 Å². The number of esters is 2. The molecule has 3 rings (SSSR count).